The third-order valence-corrected chi connectivity index (χ3v) is 6.77. The van der Waals surface area contributed by atoms with E-state index in [1.165, 1.54) is 48.0 Å². The van der Waals surface area contributed by atoms with Crippen molar-refractivity contribution in [3.05, 3.63) is 23.9 Å². The minimum Gasteiger partial charge on any atom is -0.477 e. The number of carboxylic acids is 1. The number of aromatic nitrogens is 7. The highest BCUT2D eigenvalue weighted by atomic mass is 32.2. The average Bonchev–Trinajstić information content (AvgIpc) is 3.43. The number of rotatable bonds is 8. The van der Waals surface area contributed by atoms with Gasteiger partial charge in [0, 0.05) is 18.6 Å². The van der Waals surface area contributed by atoms with Gasteiger partial charge in [0.25, 0.3) is 11.6 Å². The van der Waals surface area contributed by atoms with Crippen molar-refractivity contribution in [2.24, 2.45) is 0 Å². The molecule has 2 aliphatic heterocycles. The van der Waals surface area contributed by atoms with Gasteiger partial charge in [-0.1, -0.05) is 11.8 Å². The van der Waals surface area contributed by atoms with E-state index in [9.17, 15) is 19.5 Å². The zero-order chi connectivity index (χ0) is 21.3. The van der Waals surface area contributed by atoms with Crippen LogP contribution < -0.4 is 5.32 Å². The summed E-state index contributed by atoms with van der Waals surface area (Å²) in [6, 6.07) is 0. The molecule has 1 saturated heterocycles. The SMILES string of the molecule is COC1(NC(=O)Cn2cnnn2)C(=O)N2C(C(=O)O)=C(CSc3nnc[nH]3)CS[C@H]21. The molecule has 0 spiro atoms. The van der Waals surface area contributed by atoms with Crippen LogP contribution in [0.15, 0.2) is 29.1 Å². The molecule has 2 aromatic rings. The summed E-state index contributed by atoms with van der Waals surface area (Å²) in [4.78, 5) is 41.3. The Morgan fingerprint density at radius 1 is 1.50 bits per heavy atom. The van der Waals surface area contributed by atoms with Gasteiger partial charge in [0.1, 0.15) is 30.3 Å². The van der Waals surface area contributed by atoms with Crippen LogP contribution in [0.5, 0.6) is 0 Å². The van der Waals surface area contributed by atoms with Gasteiger partial charge in [-0.15, -0.1) is 27.1 Å². The van der Waals surface area contributed by atoms with E-state index in [0.29, 0.717) is 22.2 Å². The normalized spacial score (nSPS) is 23.2. The fourth-order valence-electron chi connectivity index (χ4n) is 3.12. The molecule has 16 heteroatoms. The van der Waals surface area contributed by atoms with Crippen molar-refractivity contribution in [3.63, 3.8) is 0 Å². The molecular formula is C14H15N9O5S2. The number of amides is 2. The molecule has 3 N–H and O–H groups in total. The summed E-state index contributed by atoms with van der Waals surface area (Å²) in [5.74, 6) is -1.79. The molecule has 0 bridgehead atoms. The lowest BCUT2D eigenvalue weighted by Gasteiger charge is -2.55. The maximum absolute atomic E-state index is 13.0. The molecule has 14 nitrogen and oxygen atoms in total. The van der Waals surface area contributed by atoms with Gasteiger partial charge in [0.15, 0.2) is 5.16 Å². The minimum atomic E-state index is -1.67. The van der Waals surface area contributed by atoms with Crippen LogP contribution in [0.4, 0.5) is 0 Å². The van der Waals surface area contributed by atoms with Gasteiger partial charge in [0.2, 0.25) is 5.91 Å². The molecule has 1 unspecified atom stereocenters. The number of nitrogens with one attached hydrogen (secondary N) is 2. The number of fused-ring (bicyclic) bond motifs is 1. The number of tetrazole rings is 1. The number of hydrogen-bond donors (Lipinski definition) is 3. The average molecular weight is 453 g/mol. The lowest BCUT2D eigenvalue weighted by Crippen LogP contribution is -2.80. The molecule has 0 saturated carbocycles. The molecule has 2 atom stereocenters. The number of carbonyl (C=O) groups excluding carboxylic acids is 2. The second-order valence-electron chi connectivity index (χ2n) is 6.17. The molecule has 30 heavy (non-hydrogen) atoms. The third-order valence-electron chi connectivity index (χ3n) is 4.43. The molecule has 0 radical (unpaired) electrons. The van der Waals surface area contributed by atoms with E-state index < -0.39 is 28.9 Å². The van der Waals surface area contributed by atoms with Crippen molar-refractivity contribution in [2.45, 2.75) is 22.8 Å². The third kappa shape index (κ3) is 3.41. The van der Waals surface area contributed by atoms with Gasteiger partial charge in [-0.3, -0.25) is 14.5 Å². The van der Waals surface area contributed by atoms with E-state index in [1.807, 2.05) is 0 Å². The van der Waals surface area contributed by atoms with Gasteiger partial charge < -0.3 is 20.1 Å². The predicted octanol–water partition coefficient (Wildman–Crippen LogP) is -1.70. The van der Waals surface area contributed by atoms with Gasteiger partial charge in [-0.25, -0.2) is 9.48 Å². The van der Waals surface area contributed by atoms with E-state index in [4.69, 9.17) is 4.74 Å². The summed E-state index contributed by atoms with van der Waals surface area (Å²) in [5.41, 5.74) is -1.22. The molecule has 158 valence electrons. The van der Waals surface area contributed by atoms with Crippen LogP contribution in [0.1, 0.15) is 0 Å². The zero-order valence-corrected chi connectivity index (χ0v) is 17.0. The van der Waals surface area contributed by atoms with Crippen molar-refractivity contribution in [3.8, 4) is 0 Å². The van der Waals surface area contributed by atoms with Gasteiger partial charge >= 0.3 is 5.97 Å². The molecular weight excluding hydrogens is 438 g/mol. The number of hydrogen-bond acceptors (Lipinski definition) is 11. The smallest absolute Gasteiger partial charge is 0.352 e. The Bertz CT molecular complexity index is 996. The highest BCUT2D eigenvalue weighted by Crippen LogP contribution is 2.47. The minimum absolute atomic E-state index is 0.113. The Morgan fingerprint density at radius 2 is 2.33 bits per heavy atom. The van der Waals surface area contributed by atoms with E-state index in [0.717, 1.165) is 4.90 Å². The Kier molecular flexibility index (Phi) is 5.44. The van der Waals surface area contributed by atoms with Crippen LogP contribution in [0.25, 0.3) is 0 Å². The lowest BCUT2D eigenvalue weighted by atomic mass is 9.98. The maximum atomic E-state index is 13.0. The summed E-state index contributed by atoms with van der Waals surface area (Å²) >= 11 is 2.58. The van der Waals surface area contributed by atoms with Crippen molar-refractivity contribution < 1.29 is 24.2 Å². The molecule has 1 fully saturated rings. The summed E-state index contributed by atoms with van der Waals surface area (Å²) in [6.45, 7) is -0.219. The standard InChI is InChI=1S/C14H15N9O5S2/c1-28-14(18-8(24)2-22-6-17-20-21-22)11(27)23-9(10(25)26)7(3-29-12(14)23)4-30-13-15-5-16-19-13/h5-6,12H,2-4H2,1H3,(H,18,24)(H,25,26)(H,15,16,19)/t12-,14?/m0/s1. The Labute approximate surface area is 176 Å². The fraction of sp³-hybridized carbons (Fsp3) is 0.429. The molecule has 2 amide bonds. The monoisotopic (exact) mass is 453 g/mol. The van der Waals surface area contributed by atoms with E-state index in [2.05, 4.69) is 36.0 Å². The van der Waals surface area contributed by atoms with E-state index in [-0.39, 0.29) is 12.2 Å². The molecule has 0 aliphatic carbocycles. The zero-order valence-electron chi connectivity index (χ0n) is 15.4. The second-order valence-corrected chi connectivity index (χ2v) is 8.21. The molecule has 0 aromatic carbocycles. The number of thioether (sulfide) groups is 2. The first-order valence-corrected chi connectivity index (χ1v) is 10.5. The van der Waals surface area contributed by atoms with Crippen molar-refractivity contribution >= 4 is 41.3 Å². The summed E-state index contributed by atoms with van der Waals surface area (Å²) in [6.07, 6.45) is 2.68. The largest absolute Gasteiger partial charge is 0.477 e. The number of carboxylic acid groups (broad SMARTS) is 1. The first kappa shape index (κ1) is 20.3. The van der Waals surface area contributed by atoms with Crippen LogP contribution in [0, 0.1) is 0 Å². The number of nitrogens with zero attached hydrogens (tertiary/aromatic N) is 7. The summed E-state index contributed by atoms with van der Waals surface area (Å²) in [7, 11) is 1.28. The van der Waals surface area contributed by atoms with Crippen LogP contribution >= 0.6 is 23.5 Å². The first-order valence-electron chi connectivity index (χ1n) is 8.42. The van der Waals surface area contributed by atoms with E-state index >= 15 is 0 Å². The number of H-pyrrole nitrogens is 1. The Hall–Kier alpha value is -2.98. The first-order chi connectivity index (χ1) is 14.5. The second kappa shape index (κ2) is 8.04. The highest BCUT2D eigenvalue weighted by molar-refractivity contribution is 8.01. The predicted molar refractivity (Wildman–Crippen MR) is 101 cm³/mol. The van der Waals surface area contributed by atoms with Gasteiger partial charge in [-0.2, -0.15) is 0 Å². The molecule has 4 heterocycles. The summed E-state index contributed by atoms with van der Waals surface area (Å²) < 4.78 is 6.57. The number of carbonyl (C=O) groups is 3. The fourth-order valence-corrected chi connectivity index (χ4v) is 5.48. The van der Waals surface area contributed by atoms with Crippen LogP contribution in [0.2, 0.25) is 0 Å². The molecule has 2 aliphatic rings. The van der Waals surface area contributed by atoms with Crippen LogP contribution in [-0.4, -0.2) is 92.9 Å². The molecule has 4 rings (SSSR count). The topological polar surface area (TPSA) is 181 Å². The number of aliphatic carboxylic acids is 1. The van der Waals surface area contributed by atoms with Gasteiger partial charge in [0.05, 0.1) is 0 Å². The Balaban J connectivity index is 1.53. The van der Waals surface area contributed by atoms with E-state index in [1.54, 1.807) is 0 Å². The highest BCUT2D eigenvalue weighted by Gasteiger charge is 2.66. The van der Waals surface area contributed by atoms with Crippen LogP contribution in [0.3, 0.4) is 0 Å². The number of β-lactam (4-membered cyclic amide) rings is 1. The van der Waals surface area contributed by atoms with Gasteiger partial charge in [-0.05, 0) is 16.0 Å². The maximum Gasteiger partial charge on any atom is 0.352 e. The van der Waals surface area contributed by atoms with Crippen LogP contribution in [-0.2, 0) is 25.7 Å². The number of aromatic amines is 1. The van der Waals surface area contributed by atoms with Crippen molar-refractivity contribution in [2.75, 3.05) is 18.6 Å². The Morgan fingerprint density at radius 3 is 2.97 bits per heavy atom. The van der Waals surface area contributed by atoms with Crippen molar-refractivity contribution in [1.29, 1.82) is 0 Å². The van der Waals surface area contributed by atoms with Crippen molar-refractivity contribution in [1.82, 2.24) is 45.6 Å². The number of methoxy groups -OCH3 is 1. The quantitative estimate of drug-likeness (QED) is 0.234. The molecule has 2 aromatic heterocycles. The summed E-state index contributed by atoms with van der Waals surface area (Å²) in [5, 5.41) is 30.1. The number of ether oxygens (including phenoxy) is 1. The lowest BCUT2D eigenvalue weighted by molar-refractivity contribution is -0.192.